The van der Waals surface area contributed by atoms with Crippen LogP contribution in [0.15, 0.2) is 18.2 Å². The quantitative estimate of drug-likeness (QED) is 0.904. The van der Waals surface area contributed by atoms with Gasteiger partial charge in [-0.2, -0.15) is 0 Å². The lowest BCUT2D eigenvalue weighted by atomic mass is 9.95. The van der Waals surface area contributed by atoms with E-state index in [0.717, 1.165) is 19.6 Å². The summed E-state index contributed by atoms with van der Waals surface area (Å²) >= 11 is 0. The number of nitrogens with zero attached hydrogens (tertiary/aromatic N) is 1. The lowest BCUT2D eigenvalue weighted by molar-refractivity contribution is -0.00745. The number of likely N-dealkylation sites (tertiary alicyclic amines) is 1. The molecule has 0 saturated carbocycles. The van der Waals surface area contributed by atoms with E-state index in [2.05, 4.69) is 35.3 Å². The van der Waals surface area contributed by atoms with Gasteiger partial charge >= 0.3 is 0 Å². The van der Waals surface area contributed by atoms with Crippen molar-refractivity contribution in [2.24, 2.45) is 5.92 Å². The molecule has 19 heavy (non-hydrogen) atoms. The van der Waals surface area contributed by atoms with Gasteiger partial charge in [-0.25, -0.2) is 0 Å². The number of fused-ring (bicyclic) bond motifs is 1. The molecule has 1 saturated heterocycles. The fourth-order valence-corrected chi connectivity index (χ4v) is 3.26. The molecule has 1 aromatic carbocycles. The number of nitrogens with one attached hydrogen (secondary N) is 1. The highest BCUT2D eigenvalue weighted by molar-refractivity contribution is 5.56. The van der Waals surface area contributed by atoms with Crippen molar-refractivity contribution < 1.29 is 4.74 Å². The summed E-state index contributed by atoms with van der Waals surface area (Å²) in [6, 6.07) is 6.87. The molecular formula is C16H24N2O. The zero-order valence-electron chi connectivity index (χ0n) is 12.0. The Bertz CT molecular complexity index is 446. The van der Waals surface area contributed by atoms with Crippen LogP contribution in [-0.2, 0) is 17.7 Å². The fraction of sp³-hybridized carbons (Fsp3) is 0.625. The van der Waals surface area contributed by atoms with Crippen LogP contribution < -0.4 is 5.32 Å². The Morgan fingerprint density at radius 2 is 2.32 bits per heavy atom. The molecule has 2 aliphatic rings. The van der Waals surface area contributed by atoms with Crippen LogP contribution in [0.4, 0.5) is 5.69 Å². The summed E-state index contributed by atoms with van der Waals surface area (Å²) in [5.41, 5.74) is 4.24. The van der Waals surface area contributed by atoms with E-state index < -0.39 is 0 Å². The molecule has 0 amide bonds. The number of ether oxygens (including phenoxy) is 1. The molecule has 3 heteroatoms. The van der Waals surface area contributed by atoms with Crippen LogP contribution in [0.3, 0.4) is 0 Å². The van der Waals surface area contributed by atoms with E-state index in [1.807, 2.05) is 7.11 Å². The van der Waals surface area contributed by atoms with Crippen LogP contribution in [0.2, 0.25) is 0 Å². The van der Waals surface area contributed by atoms with E-state index in [9.17, 15) is 0 Å². The van der Waals surface area contributed by atoms with E-state index in [0.29, 0.717) is 12.0 Å². The summed E-state index contributed by atoms with van der Waals surface area (Å²) in [7, 11) is 1.84. The van der Waals surface area contributed by atoms with E-state index >= 15 is 0 Å². The van der Waals surface area contributed by atoms with Crippen LogP contribution in [0, 0.1) is 5.92 Å². The first-order chi connectivity index (χ1) is 9.26. The van der Waals surface area contributed by atoms with Crippen molar-refractivity contribution in [3.8, 4) is 0 Å². The number of benzene rings is 1. The maximum atomic E-state index is 5.59. The summed E-state index contributed by atoms with van der Waals surface area (Å²) in [5, 5.41) is 3.42. The Morgan fingerprint density at radius 1 is 1.42 bits per heavy atom. The summed E-state index contributed by atoms with van der Waals surface area (Å²) in [5.74, 6) is 0.686. The molecule has 1 N–H and O–H groups in total. The maximum absolute atomic E-state index is 5.59. The molecule has 1 fully saturated rings. The van der Waals surface area contributed by atoms with Gasteiger partial charge in [-0.05, 0) is 42.5 Å². The van der Waals surface area contributed by atoms with Crippen molar-refractivity contribution in [1.82, 2.24) is 4.90 Å². The Hall–Kier alpha value is -1.06. The van der Waals surface area contributed by atoms with Crippen LogP contribution in [0.5, 0.6) is 0 Å². The number of anilines is 1. The number of piperidine rings is 1. The molecular weight excluding hydrogens is 236 g/mol. The summed E-state index contributed by atoms with van der Waals surface area (Å²) in [6.07, 6.45) is 2.80. The topological polar surface area (TPSA) is 24.5 Å². The molecule has 0 aliphatic carbocycles. The van der Waals surface area contributed by atoms with Crippen LogP contribution in [0.1, 0.15) is 24.5 Å². The fourth-order valence-electron chi connectivity index (χ4n) is 3.26. The highest BCUT2D eigenvalue weighted by atomic mass is 16.5. The van der Waals surface area contributed by atoms with Crippen molar-refractivity contribution in [2.45, 2.75) is 32.4 Å². The van der Waals surface area contributed by atoms with Gasteiger partial charge < -0.3 is 10.1 Å². The van der Waals surface area contributed by atoms with Gasteiger partial charge in [0, 0.05) is 32.4 Å². The van der Waals surface area contributed by atoms with Crippen molar-refractivity contribution in [3.63, 3.8) is 0 Å². The average molecular weight is 260 g/mol. The lowest BCUT2D eigenvalue weighted by Crippen LogP contribution is -2.43. The Labute approximate surface area is 115 Å². The summed E-state index contributed by atoms with van der Waals surface area (Å²) in [4.78, 5) is 2.53. The molecule has 2 aliphatic heterocycles. The van der Waals surface area contributed by atoms with Gasteiger partial charge in [0.2, 0.25) is 0 Å². The lowest BCUT2D eigenvalue weighted by Gasteiger charge is -2.36. The highest BCUT2D eigenvalue weighted by Gasteiger charge is 2.26. The van der Waals surface area contributed by atoms with Gasteiger partial charge in [-0.3, -0.25) is 4.90 Å². The van der Waals surface area contributed by atoms with Crippen LogP contribution >= 0.6 is 0 Å². The third-order valence-corrected chi connectivity index (χ3v) is 4.56. The van der Waals surface area contributed by atoms with Crippen LogP contribution in [0.25, 0.3) is 0 Å². The molecule has 3 rings (SSSR count). The largest absolute Gasteiger partial charge is 0.384 e. The predicted octanol–water partition coefficient (Wildman–Crippen LogP) is 2.51. The molecule has 0 aromatic heterocycles. The minimum atomic E-state index is 0.393. The second-order valence-corrected chi connectivity index (χ2v) is 5.94. The smallest absolute Gasteiger partial charge is 0.0724 e. The van der Waals surface area contributed by atoms with Crippen molar-refractivity contribution >= 4 is 5.69 Å². The van der Waals surface area contributed by atoms with Crippen LogP contribution in [-0.4, -0.2) is 37.7 Å². The van der Waals surface area contributed by atoms with Crippen molar-refractivity contribution in [2.75, 3.05) is 32.1 Å². The number of hydrogen-bond donors (Lipinski definition) is 1. The maximum Gasteiger partial charge on any atom is 0.0724 e. The van der Waals surface area contributed by atoms with Gasteiger partial charge in [0.05, 0.1) is 6.10 Å². The third kappa shape index (κ3) is 2.77. The standard InChI is InChI=1S/C16H24N2O/c1-12-6-8-18(11-16(12)19-2)10-13-3-4-15-14(9-13)5-7-17-15/h3-4,9,12,16-17H,5-8,10-11H2,1-2H3. The third-order valence-electron chi connectivity index (χ3n) is 4.56. The van der Waals surface area contributed by atoms with Gasteiger partial charge in [-0.1, -0.05) is 19.1 Å². The van der Waals surface area contributed by atoms with Crippen molar-refractivity contribution in [1.29, 1.82) is 0 Å². The van der Waals surface area contributed by atoms with E-state index in [-0.39, 0.29) is 0 Å². The second kappa shape index (κ2) is 5.51. The van der Waals surface area contributed by atoms with Gasteiger partial charge in [0.1, 0.15) is 0 Å². The van der Waals surface area contributed by atoms with E-state index in [4.69, 9.17) is 4.74 Å². The van der Waals surface area contributed by atoms with Gasteiger partial charge in [0.15, 0.2) is 0 Å². The minimum Gasteiger partial charge on any atom is -0.384 e. The Kier molecular flexibility index (Phi) is 3.76. The van der Waals surface area contributed by atoms with Gasteiger partial charge in [0.25, 0.3) is 0 Å². The monoisotopic (exact) mass is 260 g/mol. The first-order valence-corrected chi connectivity index (χ1v) is 7.37. The zero-order chi connectivity index (χ0) is 13.2. The first-order valence-electron chi connectivity index (χ1n) is 7.37. The van der Waals surface area contributed by atoms with E-state index in [1.165, 1.54) is 36.2 Å². The van der Waals surface area contributed by atoms with Gasteiger partial charge in [-0.15, -0.1) is 0 Å². The number of methoxy groups -OCH3 is 1. The Balaban J connectivity index is 1.65. The number of hydrogen-bond acceptors (Lipinski definition) is 3. The molecule has 0 radical (unpaired) electrons. The molecule has 1 aromatic rings. The Morgan fingerprint density at radius 3 is 3.16 bits per heavy atom. The first kappa shape index (κ1) is 12.9. The number of rotatable bonds is 3. The molecule has 2 atom stereocenters. The second-order valence-electron chi connectivity index (χ2n) is 5.94. The molecule has 2 unspecified atom stereocenters. The zero-order valence-corrected chi connectivity index (χ0v) is 12.0. The SMILES string of the molecule is COC1CN(Cc2ccc3c(c2)CCN3)CCC1C. The van der Waals surface area contributed by atoms with E-state index in [1.54, 1.807) is 0 Å². The molecule has 104 valence electrons. The summed E-state index contributed by atoms with van der Waals surface area (Å²) in [6.45, 7) is 6.70. The summed E-state index contributed by atoms with van der Waals surface area (Å²) < 4.78 is 5.59. The molecule has 0 bridgehead atoms. The molecule has 2 heterocycles. The molecule has 0 spiro atoms. The molecule has 3 nitrogen and oxygen atoms in total. The predicted molar refractivity (Wildman–Crippen MR) is 78.5 cm³/mol. The average Bonchev–Trinajstić information content (AvgIpc) is 2.88. The highest BCUT2D eigenvalue weighted by Crippen LogP contribution is 2.25. The van der Waals surface area contributed by atoms with Crippen molar-refractivity contribution in [3.05, 3.63) is 29.3 Å². The minimum absolute atomic E-state index is 0.393. The normalized spacial score (nSPS) is 27.1.